The molecule has 0 fully saturated rings. The molecule has 1 unspecified atom stereocenters. The summed E-state index contributed by atoms with van der Waals surface area (Å²) in [6, 6.07) is 8.33. The molecule has 1 aromatic heterocycles. The largest absolute Gasteiger partial charge is 0.309 e. The lowest BCUT2D eigenvalue weighted by molar-refractivity contribution is 0.534. The van der Waals surface area contributed by atoms with E-state index in [1.54, 1.807) is 12.3 Å². The van der Waals surface area contributed by atoms with E-state index in [0.29, 0.717) is 11.4 Å². The standard InChI is InChI=1S/C15H15BrClFN2/c1-2-19-15(14-6-3-11(16)9-20-14)8-10-7-12(18)4-5-13(10)17/h3-7,9,15,19H,2,8H2,1H3. The molecule has 0 aliphatic heterocycles. The van der Waals surface area contributed by atoms with Crippen molar-refractivity contribution < 1.29 is 4.39 Å². The zero-order valence-corrected chi connectivity index (χ0v) is 13.4. The van der Waals surface area contributed by atoms with Crippen LogP contribution in [-0.2, 0) is 6.42 Å². The van der Waals surface area contributed by atoms with Gasteiger partial charge in [-0.1, -0.05) is 18.5 Å². The Labute approximate surface area is 131 Å². The second-order valence-electron chi connectivity index (χ2n) is 4.45. The van der Waals surface area contributed by atoms with E-state index in [-0.39, 0.29) is 11.9 Å². The average Bonchev–Trinajstić information content (AvgIpc) is 2.43. The molecule has 0 bridgehead atoms. The van der Waals surface area contributed by atoms with E-state index in [1.165, 1.54) is 12.1 Å². The van der Waals surface area contributed by atoms with E-state index in [1.807, 2.05) is 19.1 Å². The van der Waals surface area contributed by atoms with Crippen LogP contribution in [0.2, 0.25) is 5.02 Å². The van der Waals surface area contributed by atoms with E-state index in [4.69, 9.17) is 11.6 Å². The van der Waals surface area contributed by atoms with Crippen LogP contribution in [0.25, 0.3) is 0 Å². The van der Waals surface area contributed by atoms with E-state index in [2.05, 4.69) is 26.2 Å². The van der Waals surface area contributed by atoms with Gasteiger partial charge in [0.15, 0.2) is 0 Å². The number of likely N-dealkylation sites (N-methyl/N-ethyl adjacent to an activating group) is 1. The predicted molar refractivity (Wildman–Crippen MR) is 83.5 cm³/mol. The molecular formula is C15H15BrClFN2. The van der Waals surface area contributed by atoms with Crippen LogP contribution in [0.5, 0.6) is 0 Å². The fourth-order valence-electron chi connectivity index (χ4n) is 2.04. The number of rotatable bonds is 5. The van der Waals surface area contributed by atoms with Crippen LogP contribution in [0.1, 0.15) is 24.2 Å². The Morgan fingerprint density at radius 3 is 2.80 bits per heavy atom. The third-order valence-corrected chi connectivity index (χ3v) is 3.83. The van der Waals surface area contributed by atoms with Crippen molar-refractivity contribution in [3.63, 3.8) is 0 Å². The molecule has 0 aliphatic rings. The Morgan fingerprint density at radius 1 is 1.35 bits per heavy atom. The van der Waals surface area contributed by atoms with E-state index < -0.39 is 0 Å². The van der Waals surface area contributed by atoms with Gasteiger partial charge in [0.05, 0.1) is 11.7 Å². The first-order valence-corrected chi connectivity index (χ1v) is 7.56. The average molecular weight is 358 g/mol. The molecule has 2 aromatic rings. The van der Waals surface area contributed by atoms with Gasteiger partial charge in [-0.3, -0.25) is 4.98 Å². The quantitative estimate of drug-likeness (QED) is 0.850. The molecule has 5 heteroatoms. The van der Waals surface area contributed by atoms with Gasteiger partial charge in [-0.05, 0) is 64.8 Å². The van der Waals surface area contributed by atoms with E-state index >= 15 is 0 Å². The topological polar surface area (TPSA) is 24.9 Å². The molecule has 1 aromatic carbocycles. The van der Waals surface area contributed by atoms with Crippen molar-refractivity contribution in [1.29, 1.82) is 0 Å². The van der Waals surface area contributed by atoms with Crippen molar-refractivity contribution in [2.75, 3.05) is 6.54 Å². The van der Waals surface area contributed by atoms with Crippen LogP contribution in [0.4, 0.5) is 4.39 Å². The lowest BCUT2D eigenvalue weighted by Gasteiger charge is -2.18. The van der Waals surface area contributed by atoms with Gasteiger partial charge in [-0.25, -0.2) is 4.39 Å². The van der Waals surface area contributed by atoms with Crippen molar-refractivity contribution in [3.05, 3.63) is 63.1 Å². The lowest BCUT2D eigenvalue weighted by atomic mass is 10.0. The van der Waals surface area contributed by atoms with Gasteiger partial charge in [0.2, 0.25) is 0 Å². The highest BCUT2D eigenvalue weighted by molar-refractivity contribution is 9.10. The Balaban J connectivity index is 2.25. The zero-order chi connectivity index (χ0) is 14.5. The molecule has 2 rings (SSSR count). The molecule has 0 spiro atoms. The maximum atomic E-state index is 13.3. The number of aromatic nitrogens is 1. The number of nitrogens with zero attached hydrogens (tertiary/aromatic N) is 1. The SMILES string of the molecule is CCNC(Cc1cc(F)ccc1Cl)c1ccc(Br)cn1. The second kappa shape index (κ2) is 7.16. The minimum atomic E-state index is -0.275. The summed E-state index contributed by atoms with van der Waals surface area (Å²) in [4.78, 5) is 4.40. The summed E-state index contributed by atoms with van der Waals surface area (Å²) < 4.78 is 14.3. The molecule has 1 N–H and O–H groups in total. The van der Waals surface area contributed by atoms with Crippen molar-refractivity contribution in [2.45, 2.75) is 19.4 Å². The van der Waals surface area contributed by atoms with Crippen LogP contribution >= 0.6 is 27.5 Å². The van der Waals surface area contributed by atoms with Gasteiger partial charge in [0, 0.05) is 15.7 Å². The van der Waals surface area contributed by atoms with Crippen LogP contribution in [0.3, 0.4) is 0 Å². The third kappa shape index (κ3) is 4.01. The molecule has 0 amide bonds. The number of hydrogen-bond donors (Lipinski definition) is 1. The first kappa shape index (κ1) is 15.4. The Kier molecular flexibility index (Phi) is 5.52. The summed E-state index contributed by atoms with van der Waals surface area (Å²) in [5, 5.41) is 3.93. The summed E-state index contributed by atoms with van der Waals surface area (Å²) >= 11 is 9.50. The smallest absolute Gasteiger partial charge is 0.123 e. The second-order valence-corrected chi connectivity index (χ2v) is 5.77. The molecule has 1 atom stereocenters. The Morgan fingerprint density at radius 2 is 2.15 bits per heavy atom. The molecule has 2 nitrogen and oxygen atoms in total. The molecule has 0 radical (unpaired) electrons. The number of hydrogen-bond acceptors (Lipinski definition) is 2. The van der Waals surface area contributed by atoms with Crippen LogP contribution in [0, 0.1) is 5.82 Å². The minimum Gasteiger partial charge on any atom is -0.309 e. The molecule has 20 heavy (non-hydrogen) atoms. The number of nitrogens with one attached hydrogen (secondary N) is 1. The number of benzene rings is 1. The summed E-state index contributed by atoms with van der Waals surface area (Å²) in [5.74, 6) is -0.275. The molecule has 1 heterocycles. The van der Waals surface area contributed by atoms with Crippen LogP contribution in [0.15, 0.2) is 41.0 Å². The lowest BCUT2D eigenvalue weighted by Crippen LogP contribution is -2.24. The molecular weight excluding hydrogens is 343 g/mol. The van der Waals surface area contributed by atoms with Crippen molar-refractivity contribution in [1.82, 2.24) is 10.3 Å². The van der Waals surface area contributed by atoms with Gasteiger partial charge >= 0.3 is 0 Å². The van der Waals surface area contributed by atoms with E-state index in [9.17, 15) is 4.39 Å². The van der Waals surface area contributed by atoms with Crippen LogP contribution in [-0.4, -0.2) is 11.5 Å². The van der Waals surface area contributed by atoms with Gasteiger partial charge < -0.3 is 5.32 Å². The van der Waals surface area contributed by atoms with Gasteiger partial charge in [-0.2, -0.15) is 0 Å². The van der Waals surface area contributed by atoms with Gasteiger partial charge in [0.1, 0.15) is 5.82 Å². The predicted octanol–water partition coefficient (Wildman–Crippen LogP) is 4.53. The third-order valence-electron chi connectivity index (χ3n) is 2.99. The summed E-state index contributed by atoms with van der Waals surface area (Å²) in [6.45, 7) is 2.83. The number of halogens is 3. The Hall–Kier alpha value is -0.970. The highest BCUT2D eigenvalue weighted by Gasteiger charge is 2.15. The fourth-order valence-corrected chi connectivity index (χ4v) is 2.47. The van der Waals surface area contributed by atoms with Gasteiger partial charge in [0.25, 0.3) is 0 Å². The maximum absolute atomic E-state index is 13.3. The maximum Gasteiger partial charge on any atom is 0.123 e. The summed E-state index contributed by atoms with van der Waals surface area (Å²) in [7, 11) is 0. The molecule has 0 saturated heterocycles. The van der Waals surface area contributed by atoms with Crippen LogP contribution < -0.4 is 5.32 Å². The number of pyridine rings is 1. The van der Waals surface area contributed by atoms with Crippen molar-refractivity contribution in [3.8, 4) is 0 Å². The molecule has 0 saturated carbocycles. The monoisotopic (exact) mass is 356 g/mol. The fraction of sp³-hybridized carbons (Fsp3) is 0.267. The highest BCUT2D eigenvalue weighted by Crippen LogP contribution is 2.24. The Bertz CT molecular complexity index is 575. The van der Waals surface area contributed by atoms with Crippen molar-refractivity contribution in [2.24, 2.45) is 0 Å². The van der Waals surface area contributed by atoms with E-state index in [0.717, 1.165) is 22.3 Å². The molecule has 106 valence electrons. The highest BCUT2D eigenvalue weighted by atomic mass is 79.9. The van der Waals surface area contributed by atoms with Gasteiger partial charge in [-0.15, -0.1) is 0 Å². The summed E-state index contributed by atoms with van der Waals surface area (Å²) in [5.41, 5.74) is 1.69. The first-order valence-electron chi connectivity index (χ1n) is 6.39. The minimum absolute atomic E-state index is 0.00685. The zero-order valence-electron chi connectivity index (χ0n) is 11.0. The normalized spacial score (nSPS) is 12.4. The van der Waals surface area contributed by atoms with Crippen molar-refractivity contribution >= 4 is 27.5 Å². The summed E-state index contributed by atoms with van der Waals surface area (Å²) in [6.07, 6.45) is 2.35. The molecule has 0 aliphatic carbocycles. The first-order chi connectivity index (χ1) is 9.60.